The van der Waals surface area contributed by atoms with Crippen LogP contribution in [-0.4, -0.2) is 57.0 Å². The zero-order chi connectivity index (χ0) is 13.8. The first-order valence-electron chi connectivity index (χ1n) is 5.94. The van der Waals surface area contributed by atoms with Crippen molar-refractivity contribution in [1.29, 1.82) is 0 Å². The molecule has 3 N–H and O–H groups in total. The summed E-state index contributed by atoms with van der Waals surface area (Å²) in [5.41, 5.74) is 5.53. The first kappa shape index (κ1) is 13.8. The van der Waals surface area contributed by atoms with Gasteiger partial charge in [0.2, 0.25) is 5.91 Å². The SMILES string of the molecule is Cc1nnc(SCCN2C(=O)CNC2=O)n1CCN. The lowest BCUT2D eigenvalue weighted by Crippen LogP contribution is -2.32. The van der Waals surface area contributed by atoms with Crippen molar-refractivity contribution in [3.63, 3.8) is 0 Å². The van der Waals surface area contributed by atoms with Gasteiger partial charge in [-0.3, -0.25) is 9.69 Å². The minimum atomic E-state index is -0.329. The number of nitrogens with one attached hydrogen (secondary N) is 1. The Morgan fingerprint density at radius 3 is 2.79 bits per heavy atom. The van der Waals surface area contributed by atoms with Gasteiger partial charge in [0, 0.05) is 25.4 Å². The van der Waals surface area contributed by atoms with Gasteiger partial charge in [-0.25, -0.2) is 4.79 Å². The second-order valence-corrected chi connectivity index (χ2v) is 5.08. The lowest BCUT2D eigenvalue weighted by Gasteiger charge is -2.11. The van der Waals surface area contributed by atoms with Gasteiger partial charge in [0.1, 0.15) is 5.82 Å². The molecule has 0 spiro atoms. The first-order chi connectivity index (χ1) is 9.13. The topological polar surface area (TPSA) is 106 Å². The molecule has 1 aliphatic rings. The Morgan fingerprint density at radius 2 is 2.16 bits per heavy atom. The molecule has 2 rings (SSSR count). The number of aryl methyl sites for hydroxylation is 1. The van der Waals surface area contributed by atoms with Gasteiger partial charge < -0.3 is 15.6 Å². The van der Waals surface area contributed by atoms with E-state index in [-0.39, 0.29) is 18.5 Å². The zero-order valence-electron chi connectivity index (χ0n) is 10.6. The average Bonchev–Trinajstić information content (AvgIpc) is 2.88. The molecular weight excluding hydrogens is 268 g/mol. The van der Waals surface area contributed by atoms with Gasteiger partial charge in [0.05, 0.1) is 6.54 Å². The fraction of sp³-hybridized carbons (Fsp3) is 0.600. The molecule has 8 nitrogen and oxygen atoms in total. The van der Waals surface area contributed by atoms with Crippen LogP contribution in [0.5, 0.6) is 0 Å². The maximum Gasteiger partial charge on any atom is 0.324 e. The molecule has 1 fully saturated rings. The van der Waals surface area contributed by atoms with Crippen LogP contribution in [0.4, 0.5) is 4.79 Å². The van der Waals surface area contributed by atoms with Crippen molar-refractivity contribution in [2.24, 2.45) is 5.73 Å². The van der Waals surface area contributed by atoms with Gasteiger partial charge in [0.15, 0.2) is 5.16 Å². The second kappa shape index (κ2) is 6.02. The maximum atomic E-state index is 11.4. The number of aromatic nitrogens is 3. The number of nitrogens with zero attached hydrogens (tertiary/aromatic N) is 4. The average molecular weight is 284 g/mol. The van der Waals surface area contributed by atoms with Gasteiger partial charge in [-0.1, -0.05) is 11.8 Å². The third-order valence-corrected chi connectivity index (χ3v) is 3.68. The van der Waals surface area contributed by atoms with Crippen molar-refractivity contribution >= 4 is 23.7 Å². The normalized spacial score (nSPS) is 15.2. The van der Waals surface area contributed by atoms with E-state index in [0.717, 1.165) is 11.0 Å². The number of hydrogen-bond acceptors (Lipinski definition) is 6. The summed E-state index contributed by atoms with van der Waals surface area (Å²) in [6.07, 6.45) is 0. The standard InChI is InChI=1S/C10H16N6O2S/c1-7-13-14-10(15(7)3-2-11)19-5-4-16-8(17)6-12-9(16)18/h2-6,11H2,1H3,(H,12,18). The van der Waals surface area contributed by atoms with Crippen molar-refractivity contribution in [3.05, 3.63) is 5.82 Å². The Bertz CT molecular complexity index is 472. The van der Waals surface area contributed by atoms with Crippen molar-refractivity contribution < 1.29 is 9.59 Å². The van der Waals surface area contributed by atoms with Crippen molar-refractivity contribution in [1.82, 2.24) is 25.0 Å². The number of nitrogens with two attached hydrogens (primary N) is 1. The molecule has 0 bridgehead atoms. The van der Waals surface area contributed by atoms with Gasteiger partial charge in [-0.2, -0.15) is 0 Å². The summed E-state index contributed by atoms with van der Waals surface area (Å²) in [6.45, 7) is 3.49. The quantitative estimate of drug-likeness (QED) is 0.523. The van der Waals surface area contributed by atoms with E-state index in [1.807, 2.05) is 11.5 Å². The molecule has 1 aromatic heterocycles. The van der Waals surface area contributed by atoms with Crippen LogP contribution >= 0.6 is 11.8 Å². The molecule has 0 aliphatic carbocycles. The predicted octanol–water partition coefficient (Wildman–Crippen LogP) is -0.811. The molecule has 0 aromatic carbocycles. The number of carbonyl (C=O) groups is 2. The van der Waals surface area contributed by atoms with E-state index in [9.17, 15) is 9.59 Å². The summed E-state index contributed by atoms with van der Waals surface area (Å²) < 4.78 is 1.93. The fourth-order valence-corrected chi connectivity index (χ4v) is 2.70. The van der Waals surface area contributed by atoms with Crippen LogP contribution in [-0.2, 0) is 11.3 Å². The van der Waals surface area contributed by atoms with E-state index in [2.05, 4.69) is 15.5 Å². The molecule has 0 saturated carbocycles. The number of imide groups is 1. The van der Waals surface area contributed by atoms with Gasteiger partial charge in [-0.15, -0.1) is 10.2 Å². The molecule has 1 saturated heterocycles. The lowest BCUT2D eigenvalue weighted by molar-refractivity contribution is -0.124. The Morgan fingerprint density at radius 1 is 1.37 bits per heavy atom. The number of urea groups is 1. The molecular formula is C10H16N6O2S. The number of amides is 3. The highest BCUT2D eigenvalue weighted by molar-refractivity contribution is 7.99. The summed E-state index contributed by atoms with van der Waals surface area (Å²) in [5, 5.41) is 11.3. The highest BCUT2D eigenvalue weighted by Crippen LogP contribution is 2.17. The number of carbonyl (C=O) groups excluding carboxylic acids is 2. The molecule has 0 atom stereocenters. The van der Waals surface area contributed by atoms with Crippen LogP contribution in [0.15, 0.2) is 5.16 Å². The summed E-state index contributed by atoms with van der Waals surface area (Å²) in [7, 11) is 0. The van der Waals surface area contributed by atoms with Crippen LogP contribution in [0, 0.1) is 6.92 Å². The predicted molar refractivity (Wildman–Crippen MR) is 69.6 cm³/mol. The van der Waals surface area contributed by atoms with Crippen LogP contribution < -0.4 is 11.1 Å². The Kier molecular flexibility index (Phi) is 4.38. The maximum absolute atomic E-state index is 11.4. The smallest absolute Gasteiger partial charge is 0.324 e. The molecule has 0 radical (unpaired) electrons. The molecule has 9 heteroatoms. The summed E-state index contributed by atoms with van der Waals surface area (Å²) in [4.78, 5) is 23.9. The van der Waals surface area contributed by atoms with Crippen molar-refractivity contribution in [3.8, 4) is 0 Å². The third-order valence-electron chi connectivity index (χ3n) is 2.74. The Labute approximate surface area is 114 Å². The minimum absolute atomic E-state index is 0.0893. The van der Waals surface area contributed by atoms with E-state index in [0.29, 0.717) is 25.4 Å². The van der Waals surface area contributed by atoms with E-state index < -0.39 is 0 Å². The summed E-state index contributed by atoms with van der Waals surface area (Å²) in [6, 6.07) is -0.329. The van der Waals surface area contributed by atoms with Crippen LogP contribution in [0.2, 0.25) is 0 Å². The first-order valence-corrected chi connectivity index (χ1v) is 6.93. The van der Waals surface area contributed by atoms with Gasteiger partial charge >= 0.3 is 6.03 Å². The Balaban J connectivity index is 1.89. The van der Waals surface area contributed by atoms with E-state index in [1.54, 1.807) is 0 Å². The lowest BCUT2D eigenvalue weighted by atomic mass is 10.5. The number of rotatable bonds is 6. The van der Waals surface area contributed by atoms with E-state index in [4.69, 9.17) is 5.73 Å². The molecule has 0 unspecified atom stereocenters. The molecule has 1 aliphatic heterocycles. The van der Waals surface area contributed by atoms with Gasteiger partial charge in [-0.05, 0) is 6.92 Å². The van der Waals surface area contributed by atoms with E-state index in [1.165, 1.54) is 16.7 Å². The monoisotopic (exact) mass is 284 g/mol. The summed E-state index contributed by atoms with van der Waals surface area (Å²) >= 11 is 1.46. The summed E-state index contributed by atoms with van der Waals surface area (Å²) in [5.74, 6) is 1.20. The van der Waals surface area contributed by atoms with Crippen LogP contribution in [0.3, 0.4) is 0 Å². The Hall–Kier alpha value is -1.61. The largest absolute Gasteiger partial charge is 0.329 e. The highest BCUT2D eigenvalue weighted by atomic mass is 32.2. The molecule has 2 heterocycles. The third kappa shape index (κ3) is 3.04. The molecule has 104 valence electrons. The minimum Gasteiger partial charge on any atom is -0.329 e. The van der Waals surface area contributed by atoms with Crippen LogP contribution in [0.25, 0.3) is 0 Å². The molecule has 3 amide bonds. The molecule has 19 heavy (non-hydrogen) atoms. The highest BCUT2D eigenvalue weighted by Gasteiger charge is 2.27. The van der Waals surface area contributed by atoms with Gasteiger partial charge in [0.25, 0.3) is 0 Å². The number of hydrogen-bond donors (Lipinski definition) is 2. The zero-order valence-corrected chi connectivity index (χ0v) is 11.4. The second-order valence-electron chi connectivity index (χ2n) is 4.02. The van der Waals surface area contributed by atoms with Crippen molar-refractivity contribution in [2.45, 2.75) is 18.6 Å². The number of thioether (sulfide) groups is 1. The van der Waals surface area contributed by atoms with Crippen LogP contribution in [0.1, 0.15) is 5.82 Å². The fourth-order valence-electron chi connectivity index (χ4n) is 1.76. The van der Waals surface area contributed by atoms with Crippen molar-refractivity contribution in [2.75, 3.05) is 25.4 Å². The van der Waals surface area contributed by atoms with E-state index >= 15 is 0 Å². The molecule has 1 aromatic rings.